The van der Waals surface area contributed by atoms with Crippen LogP contribution in [0.2, 0.25) is 0 Å². The van der Waals surface area contributed by atoms with Crippen LogP contribution in [0.3, 0.4) is 0 Å². The average molecular weight is 354 g/mol. The van der Waals surface area contributed by atoms with Crippen molar-refractivity contribution < 1.29 is 14.7 Å². The summed E-state index contributed by atoms with van der Waals surface area (Å²) in [5, 5.41) is 11.9. The number of aliphatic hydroxyl groups excluding tert-OH is 1. The molecule has 1 aromatic rings. The fourth-order valence-electron chi connectivity index (χ4n) is 2.41. The molecule has 0 bridgehead atoms. The lowest BCUT2D eigenvalue weighted by Gasteiger charge is -2.26. The molecule has 9 nitrogen and oxygen atoms in total. The van der Waals surface area contributed by atoms with E-state index in [9.17, 15) is 24.3 Å². The zero-order valence-corrected chi connectivity index (χ0v) is 14.9. The first-order chi connectivity index (χ1) is 11.8. The number of nitrogens with zero attached hydrogens (tertiary/aromatic N) is 2. The number of aliphatic hydroxyl groups is 1. The summed E-state index contributed by atoms with van der Waals surface area (Å²) < 4.78 is 1.04. The molecule has 0 aromatic carbocycles. The Morgan fingerprint density at radius 3 is 2.40 bits per heavy atom. The summed E-state index contributed by atoms with van der Waals surface area (Å²) in [6.45, 7) is 5.58. The Morgan fingerprint density at radius 1 is 1.28 bits per heavy atom. The van der Waals surface area contributed by atoms with Gasteiger partial charge in [-0.25, -0.2) is 4.79 Å². The standard InChI is InChI=1S/C16H26N4O5/c1-4-6-19(7-5-2)15(24)12(10-21)17-13(22)9-20-8-11(3)14(23)18-16(20)25/h8,12,21H,4-7,9-10H2,1-3H3,(H,17,22)(H,18,23,25)/t12-/m0/s1. The van der Waals surface area contributed by atoms with Crippen LogP contribution in [0.1, 0.15) is 32.3 Å². The molecule has 0 aliphatic rings. The Hall–Kier alpha value is -2.42. The number of hydrogen-bond donors (Lipinski definition) is 3. The summed E-state index contributed by atoms with van der Waals surface area (Å²) in [5.41, 5.74) is -0.935. The number of hydrogen-bond acceptors (Lipinski definition) is 5. The van der Waals surface area contributed by atoms with E-state index in [1.54, 1.807) is 4.90 Å². The molecule has 1 aromatic heterocycles. The van der Waals surface area contributed by atoms with Crippen LogP contribution in [-0.4, -0.2) is 57.1 Å². The third kappa shape index (κ3) is 5.86. The first-order valence-electron chi connectivity index (χ1n) is 8.33. The van der Waals surface area contributed by atoms with Gasteiger partial charge < -0.3 is 15.3 Å². The second-order valence-corrected chi connectivity index (χ2v) is 5.83. The van der Waals surface area contributed by atoms with E-state index in [-0.39, 0.29) is 12.5 Å². The molecule has 1 atom stereocenters. The van der Waals surface area contributed by atoms with E-state index in [0.29, 0.717) is 18.7 Å². The Balaban J connectivity index is 2.82. The predicted octanol–water partition coefficient (Wildman–Crippen LogP) is -1.03. The van der Waals surface area contributed by atoms with Gasteiger partial charge in [0.15, 0.2) is 0 Å². The average Bonchev–Trinajstić information content (AvgIpc) is 2.56. The number of aromatic nitrogens is 2. The van der Waals surface area contributed by atoms with E-state index < -0.39 is 29.8 Å². The van der Waals surface area contributed by atoms with Gasteiger partial charge >= 0.3 is 5.69 Å². The highest BCUT2D eigenvalue weighted by molar-refractivity contribution is 5.87. The van der Waals surface area contributed by atoms with Crippen molar-refractivity contribution in [3.05, 3.63) is 32.6 Å². The van der Waals surface area contributed by atoms with Gasteiger partial charge in [-0.15, -0.1) is 0 Å². The summed E-state index contributed by atoms with van der Waals surface area (Å²) in [5.74, 6) is -0.960. The smallest absolute Gasteiger partial charge is 0.328 e. The first-order valence-corrected chi connectivity index (χ1v) is 8.33. The summed E-state index contributed by atoms with van der Waals surface area (Å²) in [4.78, 5) is 51.3. The van der Waals surface area contributed by atoms with Crippen LogP contribution >= 0.6 is 0 Å². The Labute approximate surface area is 145 Å². The summed E-state index contributed by atoms with van der Waals surface area (Å²) in [7, 11) is 0. The molecule has 0 aliphatic carbocycles. The van der Waals surface area contributed by atoms with E-state index in [2.05, 4.69) is 10.3 Å². The van der Waals surface area contributed by atoms with E-state index in [0.717, 1.165) is 17.4 Å². The molecule has 0 fully saturated rings. The lowest BCUT2D eigenvalue weighted by atomic mass is 10.2. The molecule has 9 heteroatoms. The second-order valence-electron chi connectivity index (χ2n) is 5.83. The summed E-state index contributed by atoms with van der Waals surface area (Å²) in [6, 6.07) is -1.06. The molecule has 1 rings (SSSR count). The monoisotopic (exact) mass is 354 g/mol. The summed E-state index contributed by atoms with van der Waals surface area (Å²) in [6.07, 6.45) is 2.81. The molecule has 1 heterocycles. The van der Waals surface area contributed by atoms with Crippen LogP contribution in [0.15, 0.2) is 15.8 Å². The highest BCUT2D eigenvalue weighted by atomic mass is 16.3. The number of aryl methyl sites for hydroxylation is 1. The number of nitrogens with one attached hydrogen (secondary N) is 2. The molecule has 0 unspecified atom stereocenters. The van der Waals surface area contributed by atoms with Gasteiger partial charge in [0.1, 0.15) is 12.6 Å². The topological polar surface area (TPSA) is 124 Å². The molecular formula is C16H26N4O5. The Bertz CT molecular complexity index is 703. The van der Waals surface area contributed by atoms with Crippen molar-refractivity contribution in [2.75, 3.05) is 19.7 Å². The lowest BCUT2D eigenvalue weighted by Crippen LogP contribution is -2.52. The maximum atomic E-state index is 12.4. The van der Waals surface area contributed by atoms with Gasteiger partial charge in [-0.2, -0.15) is 0 Å². The van der Waals surface area contributed by atoms with Crippen LogP contribution in [0.25, 0.3) is 0 Å². The van der Waals surface area contributed by atoms with Gasteiger partial charge in [-0.1, -0.05) is 13.8 Å². The number of aromatic amines is 1. The van der Waals surface area contributed by atoms with Crippen molar-refractivity contribution in [2.45, 2.75) is 46.2 Å². The first kappa shape index (κ1) is 20.6. The van der Waals surface area contributed by atoms with Gasteiger partial charge in [0.05, 0.1) is 6.61 Å². The number of amides is 2. The van der Waals surface area contributed by atoms with Gasteiger partial charge in [0, 0.05) is 24.8 Å². The van der Waals surface area contributed by atoms with Crippen LogP contribution in [0.5, 0.6) is 0 Å². The number of rotatable bonds is 9. The molecule has 2 amide bonds. The van der Waals surface area contributed by atoms with Gasteiger partial charge in [-0.05, 0) is 19.8 Å². The molecule has 0 radical (unpaired) electrons. The van der Waals surface area contributed by atoms with Gasteiger partial charge in [-0.3, -0.25) is 23.9 Å². The van der Waals surface area contributed by atoms with E-state index >= 15 is 0 Å². The predicted molar refractivity (Wildman–Crippen MR) is 92.2 cm³/mol. The zero-order valence-electron chi connectivity index (χ0n) is 14.9. The molecule has 0 spiro atoms. The van der Waals surface area contributed by atoms with Crippen molar-refractivity contribution in [1.82, 2.24) is 19.8 Å². The van der Waals surface area contributed by atoms with Crippen molar-refractivity contribution in [2.24, 2.45) is 0 Å². The maximum absolute atomic E-state index is 12.4. The third-order valence-corrected chi connectivity index (χ3v) is 3.62. The van der Waals surface area contributed by atoms with Crippen molar-refractivity contribution in [1.29, 1.82) is 0 Å². The highest BCUT2D eigenvalue weighted by Crippen LogP contribution is 2.00. The largest absolute Gasteiger partial charge is 0.394 e. The van der Waals surface area contributed by atoms with Crippen molar-refractivity contribution in [3.63, 3.8) is 0 Å². The van der Waals surface area contributed by atoms with Crippen LogP contribution in [-0.2, 0) is 16.1 Å². The van der Waals surface area contributed by atoms with Gasteiger partial charge in [0.25, 0.3) is 5.56 Å². The van der Waals surface area contributed by atoms with Crippen LogP contribution in [0.4, 0.5) is 0 Å². The molecule has 25 heavy (non-hydrogen) atoms. The minimum Gasteiger partial charge on any atom is -0.394 e. The molecule has 0 saturated carbocycles. The fraction of sp³-hybridized carbons (Fsp3) is 0.625. The quantitative estimate of drug-likeness (QED) is 0.523. The minimum atomic E-state index is -1.06. The van der Waals surface area contributed by atoms with Gasteiger partial charge in [0.2, 0.25) is 11.8 Å². The number of carbonyl (C=O) groups excluding carboxylic acids is 2. The zero-order chi connectivity index (χ0) is 19.0. The van der Waals surface area contributed by atoms with E-state index in [1.807, 2.05) is 13.8 Å². The van der Waals surface area contributed by atoms with Crippen LogP contribution in [0, 0.1) is 6.92 Å². The fourth-order valence-corrected chi connectivity index (χ4v) is 2.41. The molecule has 0 aliphatic heterocycles. The Morgan fingerprint density at radius 2 is 1.88 bits per heavy atom. The molecular weight excluding hydrogens is 328 g/mol. The van der Waals surface area contributed by atoms with Crippen molar-refractivity contribution in [3.8, 4) is 0 Å². The van der Waals surface area contributed by atoms with E-state index in [1.165, 1.54) is 13.1 Å². The van der Waals surface area contributed by atoms with E-state index in [4.69, 9.17) is 0 Å². The Kier molecular flexibility index (Phi) is 8.06. The SMILES string of the molecule is CCCN(CCC)C(=O)[C@H](CO)NC(=O)Cn1cc(C)c(=O)[nH]c1=O. The third-order valence-electron chi connectivity index (χ3n) is 3.62. The van der Waals surface area contributed by atoms with Crippen molar-refractivity contribution >= 4 is 11.8 Å². The van der Waals surface area contributed by atoms with Crippen LogP contribution < -0.4 is 16.6 Å². The summed E-state index contributed by atoms with van der Waals surface area (Å²) >= 11 is 0. The molecule has 0 saturated heterocycles. The number of carbonyl (C=O) groups is 2. The highest BCUT2D eigenvalue weighted by Gasteiger charge is 2.24. The lowest BCUT2D eigenvalue weighted by molar-refractivity contribution is -0.137. The maximum Gasteiger partial charge on any atom is 0.328 e. The molecule has 140 valence electrons. The molecule has 3 N–H and O–H groups in total. The minimum absolute atomic E-state index is 0.291. The number of H-pyrrole nitrogens is 1. The normalized spacial score (nSPS) is 11.8. The second kappa shape index (κ2) is 9.77.